The number of amides is 2. The Hall–Kier alpha value is -1.05. The Morgan fingerprint density at radius 2 is 1.52 bits per heavy atom. The normalized spacial score (nSPS) is 16.9. The Balaban J connectivity index is 3.30. The van der Waals surface area contributed by atoms with Gasteiger partial charge in [0.05, 0.1) is 0 Å². The molecule has 1 fully saturated rings. The molecule has 0 bridgehead atoms. The van der Waals surface area contributed by atoms with Gasteiger partial charge in [0.1, 0.15) is 10.3 Å². The van der Waals surface area contributed by atoms with Gasteiger partial charge in [-0.2, -0.15) is 13.2 Å². The minimum atomic E-state index is -4.66. The van der Waals surface area contributed by atoms with Crippen molar-refractivity contribution in [1.29, 1.82) is 0 Å². The standard InChI is InChI=1S/C15H22BrF3N2O2/c1-3-5-9-20(10-6-4-2)14(13(16)15(17,18)19)21-11(22)7-8-12(21)23/h3-10H2,1-2H3/b14-13-. The van der Waals surface area contributed by atoms with Crippen LogP contribution in [0, 0.1) is 0 Å². The van der Waals surface area contributed by atoms with Gasteiger partial charge in [-0.15, -0.1) is 0 Å². The van der Waals surface area contributed by atoms with Crippen LogP contribution in [0.4, 0.5) is 13.2 Å². The van der Waals surface area contributed by atoms with Crippen molar-refractivity contribution in [2.45, 2.75) is 58.5 Å². The van der Waals surface area contributed by atoms with E-state index < -0.39 is 22.5 Å². The quantitative estimate of drug-likeness (QED) is 0.576. The van der Waals surface area contributed by atoms with E-state index in [1.54, 1.807) is 0 Å². The van der Waals surface area contributed by atoms with Gasteiger partial charge in [-0.25, -0.2) is 4.90 Å². The summed E-state index contributed by atoms with van der Waals surface area (Å²) >= 11 is 2.58. The number of allylic oxidation sites excluding steroid dienone is 1. The molecule has 23 heavy (non-hydrogen) atoms. The first-order chi connectivity index (χ1) is 10.7. The molecular formula is C15H22BrF3N2O2. The zero-order valence-corrected chi connectivity index (χ0v) is 15.0. The largest absolute Gasteiger partial charge is 0.426 e. The highest BCUT2D eigenvalue weighted by atomic mass is 79.9. The number of hydrogen-bond donors (Lipinski definition) is 0. The maximum atomic E-state index is 13.2. The van der Waals surface area contributed by atoms with Crippen LogP contribution in [0.1, 0.15) is 52.4 Å². The van der Waals surface area contributed by atoms with Crippen LogP contribution in [0.2, 0.25) is 0 Å². The predicted molar refractivity (Wildman–Crippen MR) is 84.5 cm³/mol. The van der Waals surface area contributed by atoms with Crippen molar-refractivity contribution in [1.82, 2.24) is 9.80 Å². The summed E-state index contributed by atoms with van der Waals surface area (Å²) in [5.74, 6) is -1.51. The fourth-order valence-corrected chi connectivity index (χ4v) is 2.77. The molecule has 132 valence electrons. The Kier molecular flexibility index (Phi) is 7.57. The number of rotatable bonds is 8. The summed E-state index contributed by atoms with van der Waals surface area (Å²) in [5, 5.41) is 0. The molecule has 1 rings (SSSR count). The predicted octanol–water partition coefficient (Wildman–Crippen LogP) is 4.16. The number of imide groups is 1. The highest BCUT2D eigenvalue weighted by molar-refractivity contribution is 9.11. The number of unbranched alkanes of at least 4 members (excludes halogenated alkanes) is 2. The third-order valence-corrected chi connectivity index (χ3v) is 4.38. The minimum Gasteiger partial charge on any atom is -0.357 e. The number of hydrogen-bond acceptors (Lipinski definition) is 3. The number of carbonyl (C=O) groups excluding carboxylic acids is 2. The van der Waals surface area contributed by atoms with Gasteiger partial charge in [-0.05, 0) is 28.8 Å². The summed E-state index contributed by atoms with van der Waals surface area (Å²) in [6.45, 7) is 4.61. The maximum absolute atomic E-state index is 13.2. The van der Waals surface area contributed by atoms with E-state index in [0.29, 0.717) is 30.8 Å². The Morgan fingerprint density at radius 3 is 1.87 bits per heavy atom. The van der Waals surface area contributed by atoms with Gasteiger partial charge in [0.2, 0.25) is 11.8 Å². The Bertz CT molecular complexity index is 454. The summed E-state index contributed by atoms with van der Waals surface area (Å²) in [4.78, 5) is 26.1. The molecule has 0 saturated carbocycles. The second-order valence-corrected chi connectivity index (χ2v) is 6.25. The number of halogens is 4. The van der Waals surface area contributed by atoms with Crippen molar-refractivity contribution in [2.75, 3.05) is 13.1 Å². The highest BCUT2D eigenvalue weighted by Crippen LogP contribution is 2.37. The molecule has 0 aromatic carbocycles. The number of carbonyl (C=O) groups is 2. The van der Waals surface area contributed by atoms with Gasteiger partial charge in [0.25, 0.3) is 0 Å². The fraction of sp³-hybridized carbons (Fsp3) is 0.733. The molecule has 0 radical (unpaired) electrons. The first-order valence-corrected chi connectivity index (χ1v) is 8.61. The fourth-order valence-electron chi connectivity index (χ4n) is 2.34. The smallest absolute Gasteiger partial charge is 0.357 e. The molecule has 0 aliphatic carbocycles. The molecule has 0 aromatic heterocycles. The van der Waals surface area contributed by atoms with Crippen molar-refractivity contribution >= 4 is 27.7 Å². The zero-order chi connectivity index (χ0) is 17.6. The summed E-state index contributed by atoms with van der Waals surface area (Å²) < 4.78 is 38.6. The van der Waals surface area contributed by atoms with E-state index in [1.165, 1.54) is 4.90 Å². The zero-order valence-electron chi connectivity index (χ0n) is 13.4. The van der Waals surface area contributed by atoms with E-state index in [2.05, 4.69) is 15.9 Å². The van der Waals surface area contributed by atoms with Gasteiger partial charge >= 0.3 is 6.18 Å². The Labute approximate surface area is 142 Å². The van der Waals surface area contributed by atoms with Crippen molar-refractivity contribution in [3.8, 4) is 0 Å². The summed E-state index contributed by atoms with van der Waals surface area (Å²) in [7, 11) is 0. The Morgan fingerprint density at radius 1 is 1.09 bits per heavy atom. The van der Waals surface area contributed by atoms with E-state index in [9.17, 15) is 22.8 Å². The van der Waals surface area contributed by atoms with E-state index in [-0.39, 0.29) is 18.7 Å². The van der Waals surface area contributed by atoms with E-state index in [4.69, 9.17) is 0 Å². The van der Waals surface area contributed by atoms with Crippen LogP contribution in [0.3, 0.4) is 0 Å². The summed E-state index contributed by atoms with van der Waals surface area (Å²) in [6.07, 6.45) is -1.77. The average Bonchev–Trinajstić information content (AvgIpc) is 2.80. The van der Waals surface area contributed by atoms with Crippen molar-refractivity contribution in [3.63, 3.8) is 0 Å². The molecule has 1 saturated heterocycles. The topological polar surface area (TPSA) is 40.6 Å². The molecule has 1 aliphatic rings. The van der Waals surface area contributed by atoms with Crippen LogP contribution in [0.25, 0.3) is 0 Å². The molecule has 0 aromatic rings. The SMILES string of the molecule is CCCCN(CCCC)/C(=C(/Br)C(F)(F)F)N1C(=O)CCC1=O. The summed E-state index contributed by atoms with van der Waals surface area (Å²) in [5.41, 5.74) is 0. The van der Waals surface area contributed by atoms with Gasteiger partial charge in [0, 0.05) is 25.9 Å². The van der Waals surface area contributed by atoms with Crippen LogP contribution in [-0.4, -0.2) is 40.9 Å². The molecule has 0 N–H and O–H groups in total. The molecule has 2 amide bonds. The lowest BCUT2D eigenvalue weighted by Crippen LogP contribution is -2.41. The van der Waals surface area contributed by atoms with Crippen LogP contribution < -0.4 is 0 Å². The van der Waals surface area contributed by atoms with Crippen molar-refractivity contribution < 1.29 is 22.8 Å². The molecule has 4 nitrogen and oxygen atoms in total. The van der Waals surface area contributed by atoms with Crippen LogP contribution in [-0.2, 0) is 9.59 Å². The lowest BCUT2D eigenvalue weighted by Gasteiger charge is -2.33. The molecular weight excluding hydrogens is 377 g/mol. The van der Waals surface area contributed by atoms with Gasteiger partial charge < -0.3 is 4.90 Å². The molecule has 8 heteroatoms. The van der Waals surface area contributed by atoms with E-state index in [1.807, 2.05) is 13.8 Å². The monoisotopic (exact) mass is 398 g/mol. The number of nitrogens with zero attached hydrogens (tertiary/aromatic N) is 2. The number of likely N-dealkylation sites (tertiary alicyclic amines) is 1. The molecule has 1 aliphatic heterocycles. The second-order valence-electron chi connectivity index (χ2n) is 5.45. The third kappa shape index (κ3) is 5.22. The third-order valence-electron chi connectivity index (χ3n) is 3.57. The molecule has 1 heterocycles. The van der Waals surface area contributed by atoms with Gasteiger partial charge in [-0.1, -0.05) is 26.7 Å². The van der Waals surface area contributed by atoms with Crippen LogP contribution in [0.5, 0.6) is 0 Å². The maximum Gasteiger partial charge on any atom is 0.426 e. The van der Waals surface area contributed by atoms with Crippen molar-refractivity contribution in [2.24, 2.45) is 0 Å². The first kappa shape index (κ1) is 20.0. The van der Waals surface area contributed by atoms with Crippen LogP contribution in [0.15, 0.2) is 10.3 Å². The minimum absolute atomic E-state index is 0.0458. The van der Waals surface area contributed by atoms with Crippen LogP contribution >= 0.6 is 15.9 Å². The molecule has 0 unspecified atom stereocenters. The van der Waals surface area contributed by atoms with E-state index in [0.717, 1.165) is 12.8 Å². The molecule has 0 spiro atoms. The lowest BCUT2D eigenvalue weighted by molar-refractivity contribution is -0.138. The lowest BCUT2D eigenvalue weighted by atomic mass is 10.2. The highest BCUT2D eigenvalue weighted by Gasteiger charge is 2.43. The summed E-state index contributed by atoms with van der Waals surface area (Å²) in [6, 6.07) is 0. The van der Waals surface area contributed by atoms with E-state index >= 15 is 0 Å². The van der Waals surface area contributed by atoms with Gasteiger partial charge in [0.15, 0.2) is 0 Å². The number of alkyl halides is 3. The second kappa shape index (κ2) is 8.70. The first-order valence-electron chi connectivity index (χ1n) is 7.81. The average molecular weight is 399 g/mol. The van der Waals surface area contributed by atoms with Gasteiger partial charge in [-0.3, -0.25) is 9.59 Å². The molecule has 0 atom stereocenters. The van der Waals surface area contributed by atoms with Crippen molar-refractivity contribution in [3.05, 3.63) is 10.3 Å².